The Kier molecular flexibility index (Phi) is 9.02. The molecule has 2 aliphatic heterocycles. The van der Waals surface area contributed by atoms with Crippen LogP contribution in [0, 0.1) is 11.8 Å². The molecule has 6 nitrogen and oxygen atoms in total. The zero-order chi connectivity index (χ0) is 27.4. The normalized spacial score (nSPS) is 23.1. The summed E-state index contributed by atoms with van der Waals surface area (Å²) >= 11 is -2.18. The molecule has 204 valence electrons. The zero-order valence-electron chi connectivity index (χ0n) is 22.2. The highest BCUT2D eigenvalue weighted by Gasteiger charge is 2.43. The molecule has 3 aliphatic rings. The summed E-state index contributed by atoms with van der Waals surface area (Å²) in [5, 5.41) is 4.15. The third kappa shape index (κ3) is 6.06. The Morgan fingerprint density at radius 3 is 2.69 bits per heavy atom. The quantitative estimate of drug-likeness (QED) is 0.133. The lowest BCUT2D eigenvalue weighted by Gasteiger charge is -2.45. The van der Waals surface area contributed by atoms with E-state index < -0.39 is 31.8 Å². The molecule has 0 aromatic heterocycles. The van der Waals surface area contributed by atoms with Crippen LogP contribution >= 0.6 is 20.7 Å². The predicted molar refractivity (Wildman–Crippen MR) is 166 cm³/mol. The van der Waals surface area contributed by atoms with Crippen molar-refractivity contribution >= 4 is 58.3 Å². The minimum absolute atomic E-state index is 0.000121. The minimum Gasteiger partial charge on any atom is -0.374 e. The van der Waals surface area contributed by atoms with Crippen LogP contribution in [-0.4, -0.2) is 38.6 Å². The first-order valence-corrected chi connectivity index (χ1v) is 16.9. The predicted octanol–water partition coefficient (Wildman–Crippen LogP) is 6.51. The fourth-order valence-electron chi connectivity index (χ4n) is 5.89. The van der Waals surface area contributed by atoms with Crippen LogP contribution in [-0.2, 0) is 20.2 Å². The standard InChI is InChI=1S/C31H33IN2O4S/c1-3-10-28(33-38-39(37)22-11-5-4-6-12-22)31(36)24-14-9-13-23-25-19-21(30(35)27-15-7-8-18-32-27)16-17-29(25)34(2)20-26(23)24/h4-8,11-12,15-19,23-24,26H,3,9-10,13-14,20H2,1-2H3/b33-28+. The second-order valence-corrected chi connectivity index (χ2v) is 13.8. The highest BCUT2D eigenvalue weighted by Crippen LogP contribution is 2.48. The summed E-state index contributed by atoms with van der Waals surface area (Å²) in [7, 11) is 2.06. The van der Waals surface area contributed by atoms with Gasteiger partial charge >= 0.3 is 0 Å². The van der Waals surface area contributed by atoms with E-state index in [0.717, 1.165) is 47.0 Å². The summed E-state index contributed by atoms with van der Waals surface area (Å²) in [5.41, 5.74) is 3.41. The average Bonchev–Trinajstić information content (AvgIpc) is 2.99. The first-order valence-electron chi connectivity index (χ1n) is 13.5. The monoisotopic (exact) mass is 656 g/mol. The molecule has 5 rings (SSSR count). The van der Waals surface area contributed by atoms with Crippen molar-refractivity contribution in [2.45, 2.75) is 49.8 Å². The lowest BCUT2D eigenvalue weighted by molar-refractivity contribution is -0.119. The van der Waals surface area contributed by atoms with Crippen molar-refractivity contribution in [1.82, 2.24) is 0 Å². The molecule has 0 amide bonds. The zero-order valence-corrected chi connectivity index (χ0v) is 25.2. The number of halogens is 1. The molecule has 0 saturated heterocycles. The Labute approximate surface area is 242 Å². The maximum absolute atomic E-state index is 13.9. The van der Waals surface area contributed by atoms with Crippen LogP contribution in [0.1, 0.15) is 60.9 Å². The van der Waals surface area contributed by atoms with Crippen molar-refractivity contribution in [3.63, 3.8) is 0 Å². The van der Waals surface area contributed by atoms with E-state index in [9.17, 15) is 13.8 Å². The summed E-state index contributed by atoms with van der Waals surface area (Å²) < 4.78 is 21.0. The van der Waals surface area contributed by atoms with Gasteiger partial charge in [-0.2, -0.15) is 0 Å². The van der Waals surface area contributed by atoms with Crippen molar-refractivity contribution in [2.24, 2.45) is 17.0 Å². The lowest BCUT2D eigenvalue weighted by atomic mass is 9.65. The van der Waals surface area contributed by atoms with Crippen LogP contribution in [0.15, 0.2) is 80.9 Å². The fraction of sp³-hybridized carbons (Fsp3) is 0.355. The molecule has 2 aromatic rings. The number of carbonyl (C=O) groups is 2. The molecule has 4 unspecified atom stereocenters. The Balaban J connectivity index is 1.40. The maximum Gasteiger partial charge on any atom is 0.265 e. The second-order valence-electron chi connectivity index (χ2n) is 10.2. The van der Waals surface area contributed by atoms with Gasteiger partial charge in [0.1, 0.15) is 5.71 Å². The number of nitrogens with zero attached hydrogens (tertiary/aromatic N) is 2. The van der Waals surface area contributed by atoms with Gasteiger partial charge in [-0.1, -0.05) is 76.0 Å². The van der Waals surface area contributed by atoms with Crippen LogP contribution in [0.25, 0.3) is 0 Å². The first-order chi connectivity index (χ1) is 19.0. The molecule has 0 radical (unpaired) electrons. The number of Topliss-reactive ketones (excluding diaryl/α,β-unsaturated/α-hetero) is 2. The van der Waals surface area contributed by atoms with Crippen LogP contribution in [0.3, 0.4) is 0 Å². The van der Waals surface area contributed by atoms with E-state index in [1.54, 1.807) is 24.3 Å². The summed E-state index contributed by atoms with van der Waals surface area (Å²) in [6.45, 7) is 2.77. The number of carbonyl (C=O) groups excluding carboxylic acids is 2. The number of ketones is 2. The smallest absolute Gasteiger partial charge is 0.265 e. The molecular weight excluding hydrogens is 623 g/mol. The average molecular weight is 657 g/mol. The van der Waals surface area contributed by atoms with Gasteiger partial charge in [-0.15, -0.1) is 0 Å². The third-order valence-electron chi connectivity index (χ3n) is 7.73. The molecular formula is C31H33IN2O4S. The van der Waals surface area contributed by atoms with Gasteiger partial charge in [0.15, 0.2) is 11.6 Å². The number of allylic oxidation sites excluding steroid dienone is 3. The van der Waals surface area contributed by atoms with Crippen LogP contribution in [0.5, 0.6) is 0 Å². The first kappa shape index (κ1) is 27.8. The number of oxime groups is 1. The highest BCUT2D eigenvalue weighted by molar-refractivity contribution is 14.2. The summed E-state index contributed by atoms with van der Waals surface area (Å²) in [6, 6.07) is 15.0. The largest absolute Gasteiger partial charge is 0.374 e. The number of anilines is 1. The number of fused-ring (bicyclic) bond motifs is 3. The van der Waals surface area contributed by atoms with Gasteiger partial charge in [0, 0.05) is 30.8 Å². The maximum atomic E-state index is 13.9. The number of hydrogen-bond acceptors (Lipinski definition) is 6. The van der Waals surface area contributed by atoms with Crippen LogP contribution in [0.2, 0.25) is 0 Å². The van der Waals surface area contributed by atoms with Crippen LogP contribution in [0.4, 0.5) is 5.69 Å². The molecule has 4 atom stereocenters. The van der Waals surface area contributed by atoms with Crippen molar-refractivity contribution < 1.29 is 18.1 Å². The molecule has 2 aromatic carbocycles. The molecule has 8 heteroatoms. The molecule has 1 aliphatic carbocycles. The molecule has 0 bridgehead atoms. The van der Waals surface area contributed by atoms with E-state index in [4.69, 9.17) is 4.28 Å². The Hall–Kier alpha value is -2.72. The Bertz CT molecular complexity index is 1400. The molecule has 0 spiro atoms. The Morgan fingerprint density at radius 1 is 1.13 bits per heavy atom. The van der Waals surface area contributed by atoms with Gasteiger partial charge in [0.25, 0.3) is 11.1 Å². The SMILES string of the molecule is CCC/C(=N\OS(=O)c1ccccc1)C(=O)C1CCCC2c3cc(C(=O)C4=IC=CC=C4)ccc3N(C)CC12. The fourth-order valence-corrected chi connectivity index (χ4v) is 8.36. The van der Waals surface area contributed by atoms with Gasteiger partial charge in [-0.25, -0.2) is 4.21 Å². The van der Waals surface area contributed by atoms with E-state index in [1.807, 2.05) is 37.3 Å². The summed E-state index contributed by atoms with van der Waals surface area (Å²) in [4.78, 5) is 29.9. The lowest BCUT2D eigenvalue weighted by Crippen LogP contribution is -2.45. The van der Waals surface area contributed by atoms with E-state index in [0.29, 0.717) is 17.0 Å². The van der Waals surface area contributed by atoms with Gasteiger partial charge in [0.2, 0.25) is 0 Å². The molecule has 1 fully saturated rings. The molecule has 0 N–H and O–H groups in total. The highest BCUT2D eigenvalue weighted by atomic mass is 127. The molecule has 2 heterocycles. The topological polar surface area (TPSA) is 76.0 Å². The minimum atomic E-state index is -1.77. The van der Waals surface area contributed by atoms with E-state index in [-0.39, 0.29) is 29.3 Å². The van der Waals surface area contributed by atoms with Gasteiger partial charge in [-0.05, 0) is 77.2 Å². The van der Waals surface area contributed by atoms with Gasteiger partial charge in [-0.3, -0.25) is 13.9 Å². The summed E-state index contributed by atoms with van der Waals surface area (Å²) in [6.07, 6.45) is 9.84. The van der Waals surface area contributed by atoms with Crippen molar-refractivity contribution in [3.8, 4) is 0 Å². The molecule has 1 saturated carbocycles. The van der Waals surface area contributed by atoms with Gasteiger partial charge in [0.05, 0.1) is 8.40 Å². The number of benzene rings is 2. The van der Waals surface area contributed by atoms with Crippen molar-refractivity contribution in [3.05, 3.63) is 82.0 Å². The van der Waals surface area contributed by atoms with Gasteiger partial charge < -0.3 is 4.90 Å². The summed E-state index contributed by atoms with van der Waals surface area (Å²) in [5.74, 6) is 0.244. The van der Waals surface area contributed by atoms with Crippen molar-refractivity contribution in [1.29, 1.82) is 0 Å². The Morgan fingerprint density at radius 2 is 1.95 bits per heavy atom. The van der Waals surface area contributed by atoms with E-state index in [2.05, 4.69) is 33.3 Å². The number of rotatable bonds is 9. The van der Waals surface area contributed by atoms with Crippen LogP contribution < -0.4 is 4.90 Å². The number of hydrogen-bond donors (Lipinski definition) is 0. The van der Waals surface area contributed by atoms with E-state index in [1.165, 1.54) is 5.56 Å². The van der Waals surface area contributed by atoms with Crippen molar-refractivity contribution in [2.75, 3.05) is 18.5 Å². The molecule has 39 heavy (non-hydrogen) atoms. The second kappa shape index (κ2) is 12.6. The van der Waals surface area contributed by atoms with E-state index >= 15 is 0 Å². The third-order valence-corrected chi connectivity index (χ3v) is 10.9.